The third-order valence-corrected chi connectivity index (χ3v) is 6.26. The molecule has 0 aliphatic rings. The van der Waals surface area contributed by atoms with Crippen LogP contribution >= 0.6 is 11.6 Å². The Hall–Kier alpha value is -4.03. The number of rotatable bonds is 8. The van der Waals surface area contributed by atoms with E-state index in [1.165, 1.54) is 12.1 Å². The minimum atomic E-state index is -0.963. The second-order valence-electron chi connectivity index (χ2n) is 8.42. The quantitative estimate of drug-likeness (QED) is 0.127. The number of hydrogen-bond donors (Lipinski definition) is 1. The Morgan fingerprint density at radius 3 is 2.31 bits per heavy atom. The first-order valence-corrected chi connectivity index (χ1v) is 11.5. The van der Waals surface area contributed by atoms with Gasteiger partial charge in [-0.2, -0.15) is 4.73 Å². The third-order valence-electron chi connectivity index (χ3n) is 5.97. The van der Waals surface area contributed by atoms with Crippen LogP contribution in [-0.4, -0.2) is 10.9 Å². The van der Waals surface area contributed by atoms with Crippen LogP contribution in [0.1, 0.15) is 28.3 Å². The fraction of sp³-hybridized carbons (Fsp3) is 0.103. The molecular weight excluding hydrogens is 484 g/mol. The predicted octanol–water partition coefficient (Wildman–Crippen LogP) is 6.59. The van der Waals surface area contributed by atoms with Crippen molar-refractivity contribution in [3.63, 3.8) is 0 Å². The van der Waals surface area contributed by atoms with Crippen LogP contribution in [0.25, 0.3) is 16.9 Å². The van der Waals surface area contributed by atoms with Crippen LogP contribution in [0, 0.1) is 16.8 Å². The van der Waals surface area contributed by atoms with Crippen molar-refractivity contribution in [2.45, 2.75) is 18.8 Å². The summed E-state index contributed by atoms with van der Waals surface area (Å²) in [6, 6.07) is 21.0. The molecule has 7 heteroatoms. The lowest BCUT2D eigenvalue weighted by atomic mass is 9.88. The molecule has 1 N–H and O–H groups in total. The maximum atomic E-state index is 14.5. The number of Topliss-reactive ketones (excluding diaryl/α,β-unsaturated/α-hetero) is 1. The van der Waals surface area contributed by atoms with Crippen molar-refractivity contribution < 1.29 is 23.4 Å². The van der Waals surface area contributed by atoms with Gasteiger partial charge in [-0.15, -0.1) is 0 Å². The summed E-state index contributed by atoms with van der Waals surface area (Å²) in [5.41, 5.74) is 1.88. The monoisotopic (exact) mass is 505 g/mol. The van der Waals surface area contributed by atoms with Crippen LogP contribution in [0.3, 0.4) is 0 Å². The van der Waals surface area contributed by atoms with E-state index in [0.29, 0.717) is 15.9 Å². The molecule has 0 radical (unpaired) electrons. The first-order valence-electron chi connectivity index (χ1n) is 11.2. The van der Waals surface area contributed by atoms with E-state index < -0.39 is 23.1 Å². The molecule has 0 saturated heterocycles. The van der Waals surface area contributed by atoms with E-state index in [-0.39, 0.29) is 40.7 Å². The number of pyridine rings is 1. The summed E-state index contributed by atoms with van der Waals surface area (Å²) >= 11 is 5.80. The van der Waals surface area contributed by atoms with E-state index in [2.05, 4.69) is 6.58 Å². The summed E-state index contributed by atoms with van der Waals surface area (Å²) in [4.78, 5) is 13.4. The highest BCUT2D eigenvalue weighted by Crippen LogP contribution is 2.31. The predicted molar refractivity (Wildman–Crippen MR) is 135 cm³/mol. The summed E-state index contributed by atoms with van der Waals surface area (Å²) in [5.74, 6) is -2.90. The van der Waals surface area contributed by atoms with E-state index >= 15 is 0 Å². The van der Waals surface area contributed by atoms with Crippen LogP contribution in [-0.2, 0) is 17.6 Å². The number of hydrogen-bond acceptors (Lipinski definition) is 3. The molecule has 0 bridgehead atoms. The number of ketones is 1. The Kier molecular flexibility index (Phi) is 7.46. The van der Waals surface area contributed by atoms with Crippen molar-refractivity contribution >= 4 is 23.1 Å². The number of carbonyl (C=O) groups excluding carboxylic acids is 1. The number of benzene rings is 3. The minimum absolute atomic E-state index is 0.0111. The van der Waals surface area contributed by atoms with E-state index in [4.69, 9.17) is 11.6 Å². The van der Waals surface area contributed by atoms with Crippen LogP contribution in [0.15, 0.2) is 91.6 Å². The first kappa shape index (κ1) is 25.1. The smallest absolute Gasteiger partial charge is 0.203 e. The maximum absolute atomic E-state index is 14.5. The van der Waals surface area contributed by atoms with E-state index in [1.807, 2.05) is 30.3 Å². The van der Waals surface area contributed by atoms with Gasteiger partial charge in [0.1, 0.15) is 17.5 Å². The Morgan fingerprint density at radius 2 is 1.67 bits per heavy atom. The zero-order valence-electron chi connectivity index (χ0n) is 19.1. The third kappa shape index (κ3) is 5.44. The van der Waals surface area contributed by atoms with E-state index in [9.17, 15) is 23.9 Å². The Balaban J connectivity index is 1.69. The fourth-order valence-corrected chi connectivity index (χ4v) is 4.23. The average Bonchev–Trinajstić information content (AvgIpc) is 2.86. The van der Waals surface area contributed by atoms with E-state index in [0.717, 1.165) is 23.9 Å². The molecule has 1 aromatic heterocycles. The van der Waals surface area contributed by atoms with Crippen molar-refractivity contribution in [1.82, 2.24) is 0 Å². The summed E-state index contributed by atoms with van der Waals surface area (Å²) < 4.78 is 29.4. The van der Waals surface area contributed by atoms with E-state index in [1.54, 1.807) is 24.3 Å². The minimum Gasteiger partial charge on any atom is -0.618 e. The van der Waals surface area contributed by atoms with Crippen LogP contribution in [0.2, 0.25) is 5.02 Å². The van der Waals surface area contributed by atoms with Crippen LogP contribution < -0.4 is 4.73 Å². The van der Waals surface area contributed by atoms with Gasteiger partial charge >= 0.3 is 0 Å². The van der Waals surface area contributed by atoms with Crippen LogP contribution in [0.4, 0.5) is 8.78 Å². The molecule has 0 amide bonds. The molecule has 0 aliphatic heterocycles. The zero-order valence-corrected chi connectivity index (χ0v) is 19.9. The van der Waals surface area contributed by atoms with Gasteiger partial charge in [-0.05, 0) is 35.7 Å². The number of carbonyl (C=O) groups is 1. The van der Waals surface area contributed by atoms with Crippen molar-refractivity contribution in [1.29, 1.82) is 0 Å². The van der Waals surface area contributed by atoms with Crippen molar-refractivity contribution in [2.75, 3.05) is 0 Å². The number of aromatic nitrogens is 1. The molecule has 1 unspecified atom stereocenters. The van der Waals surface area contributed by atoms with Gasteiger partial charge in [0.15, 0.2) is 17.8 Å². The molecule has 3 aromatic carbocycles. The molecule has 1 heterocycles. The second kappa shape index (κ2) is 10.7. The topological polar surface area (TPSA) is 64.2 Å². The molecule has 0 spiro atoms. The Bertz CT molecular complexity index is 1420. The highest BCUT2D eigenvalue weighted by Gasteiger charge is 2.29. The molecule has 182 valence electrons. The normalized spacial score (nSPS) is 11.8. The largest absolute Gasteiger partial charge is 0.618 e. The lowest BCUT2D eigenvalue weighted by Gasteiger charge is -2.17. The van der Waals surface area contributed by atoms with Crippen molar-refractivity contribution in [2.24, 2.45) is 0 Å². The van der Waals surface area contributed by atoms with Gasteiger partial charge in [-0.1, -0.05) is 72.8 Å². The Labute approximate surface area is 212 Å². The zero-order chi connectivity index (χ0) is 25.8. The van der Waals surface area contributed by atoms with Gasteiger partial charge < -0.3 is 10.3 Å². The molecular formula is C29H22ClF2NO3. The van der Waals surface area contributed by atoms with Crippen LogP contribution in [0.5, 0.6) is 0 Å². The summed E-state index contributed by atoms with van der Waals surface area (Å²) in [7, 11) is 0. The van der Waals surface area contributed by atoms with Gasteiger partial charge in [0.2, 0.25) is 5.69 Å². The molecule has 36 heavy (non-hydrogen) atoms. The average molecular weight is 506 g/mol. The molecule has 4 rings (SSSR count). The SMILES string of the molecule is C=C(O)c1ccc(CC(=O)C(Cc2ccccc2)c2ccc(-c3c(F)ccc(Cl)c3F)c[n+]2[O-])cc1. The number of nitrogens with zero attached hydrogens (tertiary/aromatic N) is 1. The number of halogens is 3. The van der Waals surface area contributed by atoms with Crippen molar-refractivity contribution in [3.05, 3.63) is 136 Å². The van der Waals surface area contributed by atoms with Gasteiger partial charge in [0, 0.05) is 18.1 Å². The number of aliphatic hydroxyl groups is 1. The standard InChI is InChI=1S/C29H22ClF2NO3/c1-18(34)21-9-7-20(8-10-21)16-27(35)23(15-19-5-3-2-4-6-19)26-14-11-22(17-33(26)36)28-25(31)13-12-24(30)29(28)32/h2-14,17,23,34H,1,15-16H2. The van der Waals surface area contributed by atoms with Gasteiger partial charge in [-0.25, -0.2) is 8.78 Å². The molecule has 0 saturated carbocycles. The summed E-state index contributed by atoms with van der Waals surface area (Å²) in [6.45, 7) is 3.48. The maximum Gasteiger partial charge on any atom is 0.203 e. The summed E-state index contributed by atoms with van der Waals surface area (Å²) in [5, 5.41) is 22.3. The number of aliphatic hydroxyl groups excluding tert-OH is 1. The lowest BCUT2D eigenvalue weighted by Crippen LogP contribution is -2.36. The first-order chi connectivity index (χ1) is 17.2. The highest BCUT2D eigenvalue weighted by atomic mass is 35.5. The fourth-order valence-electron chi connectivity index (χ4n) is 4.07. The van der Waals surface area contributed by atoms with Gasteiger partial charge in [0.25, 0.3) is 0 Å². The highest BCUT2D eigenvalue weighted by molar-refractivity contribution is 6.31. The Morgan fingerprint density at radius 1 is 0.972 bits per heavy atom. The molecule has 4 nitrogen and oxygen atoms in total. The van der Waals surface area contributed by atoms with Gasteiger partial charge in [0.05, 0.1) is 16.1 Å². The molecule has 0 fully saturated rings. The molecule has 4 aromatic rings. The molecule has 0 aliphatic carbocycles. The molecule has 1 atom stereocenters. The second-order valence-corrected chi connectivity index (χ2v) is 8.82. The van der Waals surface area contributed by atoms with Gasteiger partial charge in [-0.3, -0.25) is 4.79 Å². The van der Waals surface area contributed by atoms with Crippen molar-refractivity contribution in [3.8, 4) is 11.1 Å². The lowest BCUT2D eigenvalue weighted by molar-refractivity contribution is -0.614. The summed E-state index contributed by atoms with van der Waals surface area (Å²) in [6.07, 6.45) is 1.38.